The van der Waals surface area contributed by atoms with Crippen LogP contribution in [0.1, 0.15) is 23.1 Å². The largest absolute Gasteiger partial charge is 0.497 e. The van der Waals surface area contributed by atoms with Crippen LogP contribution < -0.4 is 10.1 Å². The SMILES string of the molecule is COc1cccc(CCC(=O)Nc2cc(C)cc(C)c2)c1. The summed E-state index contributed by atoms with van der Waals surface area (Å²) in [6, 6.07) is 13.9. The van der Waals surface area contributed by atoms with Gasteiger partial charge in [0.25, 0.3) is 0 Å². The molecule has 0 unspecified atom stereocenters. The molecule has 0 bridgehead atoms. The summed E-state index contributed by atoms with van der Waals surface area (Å²) in [5, 5.41) is 2.95. The minimum absolute atomic E-state index is 0.0304. The maximum atomic E-state index is 12.0. The first-order valence-corrected chi connectivity index (χ1v) is 7.08. The van der Waals surface area contributed by atoms with Gasteiger partial charge in [0.05, 0.1) is 7.11 Å². The van der Waals surface area contributed by atoms with E-state index in [0.717, 1.165) is 28.1 Å². The third-order valence-electron chi connectivity index (χ3n) is 3.28. The van der Waals surface area contributed by atoms with E-state index < -0.39 is 0 Å². The number of methoxy groups -OCH3 is 1. The minimum atomic E-state index is 0.0304. The molecule has 0 fully saturated rings. The van der Waals surface area contributed by atoms with E-state index in [1.807, 2.05) is 50.2 Å². The predicted octanol–water partition coefficient (Wildman–Crippen LogP) is 3.88. The highest BCUT2D eigenvalue weighted by Crippen LogP contribution is 2.16. The molecule has 0 saturated carbocycles. The first-order chi connectivity index (χ1) is 10.1. The zero-order valence-corrected chi connectivity index (χ0v) is 12.8. The number of amides is 1. The van der Waals surface area contributed by atoms with Crippen LogP contribution in [-0.4, -0.2) is 13.0 Å². The monoisotopic (exact) mass is 283 g/mol. The zero-order chi connectivity index (χ0) is 15.2. The van der Waals surface area contributed by atoms with Gasteiger partial charge in [0.15, 0.2) is 0 Å². The summed E-state index contributed by atoms with van der Waals surface area (Å²) in [5.74, 6) is 0.852. The van der Waals surface area contributed by atoms with Gasteiger partial charge in [0.2, 0.25) is 5.91 Å². The van der Waals surface area contributed by atoms with Gasteiger partial charge in [-0.05, 0) is 61.2 Å². The average Bonchev–Trinajstić information content (AvgIpc) is 2.44. The van der Waals surface area contributed by atoms with Crippen LogP contribution in [0.3, 0.4) is 0 Å². The number of anilines is 1. The van der Waals surface area contributed by atoms with E-state index in [0.29, 0.717) is 12.8 Å². The van der Waals surface area contributed by atoms with E-state index in [4.69, 9.17) is 4.74 Å². The number of hydrogen-bond donors (Lipinski definition) is 1. The number of carbonyl (C=O) groups excluding carboxylic acids is 1. The highest BCUT2D eigenvalue weighted by Gasteiger charge is 2.05. The van der Waals surface area contributed by atoms with Crippen molar-refractivity contribution in [1.82, 2.24) is 0 Å². The Morgan fingerprint density at radius 2 is 1.81 bits per heavy atom. The fourth-order valence-corrected chi connectivity index (χ4v) is 2.36. The second-order valence-corrected chi connectivity index (χ2v) is 5.28. The molecule has 3 heteroatoms. The lowest BCUT2D eigenvalue weighted by Gasteiger charge is -2.08. The van der Waals surface area contributed by atoms with Crippen molar-refractivity contribution in [2.45, 2.75) is 26.7 Å². The molecule has 110 valence electrons. The quantitative estimate of drug-likeness (QED) is 0.904. The van der Waals surface area contributed by atoms with Gasteiger partial charge in [0.1, 0.15) is 5.75 Å². The average molecular weight is 283 g/mol. The molecule has 1 amide bonds. The molecule has 0 aliphatic rings. The molecule has 0 aromatic heterocycles. The Labute approximate surface area is 126 Å². The van der Waals surface area contributed by atoms with Crippen LogP contribution in [0.15, 0.2) is 42.5 Å². The Hall–Kier alpha value is -2.29. The van der Waals surface area contributed by atoms with E-state index in [1.54, 1.807) is 7.11 Å². The maximum Gasteiger partial charge on any atom is 0.224 e. The summed E-state index contributed by atoms with van der Waals surface area (Å²) in [6.07, 6.45) is 1.16. The number of carbonyl (C=O) groups is 1. The number of benzene rings is 2. The van der Waals surface area contributed by atoms with Crippen molar-refractivity contribution < 1.29 is 9.53 Å². The van der Waals surface area contributed by atoms with Crippen molar-refractivity contribution in [3.05, 3.63) is 59.2 Å². The molecule has 0 spiro atoms. The van der Waals surface area contributed by atoms with Gasteiger partial charge < -0.3 is 10.1 Å². The summed E-state index contributed by atoms with van der Waals surface area (Å²) < 4.78 is 5.18. The topological polar surface area (TPSA) is 38.3 Å². The highest BCUT2D eigenvalue weighted by molar-refractivity contribution is 5.91. The van der Waals surface area contributed by atoms with Gasteiger partial charge in [-0.2, -0.15) is 0 Å². The molecule has 2 aromatic carbocycles. The predicted molar refractivity (Wildman–Crippen MR) is 85.9 cm³/mol. The maximum absolute atomic E-state index is 12.0. The highest BCUT2D eigenvalue weighted by atomic mass is 16.5. The number of aryl methyl sites for hydroxylation is 3. The molecule has 0 atom stereocenters. The van der Waals surface area contributed by atoms with Crippen LogP contribution in [0.4, 0.5) is 5.69 Å². The molecule has 3 nitrogen and oxygen atoms in total. The van der Waals surface area contributed by atoms with E-state index >= 15 is 0 Å². The normalized spacial score (nSPS) is 10.2. The second-order valence-electron chi connectivity index (χ2n) is 5.28. The third-order valence-corrected chi connectivity index (χ3v) is 3.28. The van der Waals surface area contributed by atoms with Gasteiger partial charge in [-0.1, -0.05) is 18.2 Å². The number of ether oxygens (including phenoxy) is 1. The molecule has 21 heavy (non-hydrogen) atoms. The minimum Gasteiger partial charge on any atom is -0.497 e. The van der Waals surface area contributed by atoms with Crippen LogP contribution >= 0.6 is 0 Å². The summed E-state index contributed by atoms with van der Waals surface area (Å²) >= 11 is 0. The Morgan fingerprint density at radius 1 is 1.10 bits per heavy atom. The van der Waals surface area contributed by atoms with E-state index in [1.165, 1.54) is 0 Å². The molecule has 0 saturated heterocycles. The smallest absolute Gasteiger partial charge is 0.224 e. The second kappa shape index (κ2) is 6.93. The molecular weight excluding hydrogens is 262 g/mol. The Balaban J connectivity index is 1.92. The Bertz CT molecular complexity index is 615. The number of hydrogen-bond acceptors (Lipinski definition) is 2. The molecule has 1 N–H and O–H groups in total. The molecule has 0 aliphatic heterocycles. The van der Waals surface area contributed by atoms with Gasteiger partial charge in [-0.15, -0.1) is 0 Å². The number of rotatable bonds is 5. The van der Waals surface area contributed by atoms with Crippen molar-refractivity contribution in [3.8, 4) is 5.75 Å². The Morgan fingerprint density at radius 3 is 2.48 bits per heavy atom. The van der Waals surface area contributed by atoms with Crippen molar-refractivity contribution >= 4 is 11.6 Å². The van der Waals surface area contributed by atoms with Crippen molar-refractivity contribution in [1.29, 1.82) is 0 Å². The lowest BCUT2D eigenvalue weighted by Crippen LogP contribution is -2.12. The van der Waals surface area contributed by atoms with Crippen LogP contribution in [0.5, 0.6) is 5.75 Å². The van der Waals surface area contributed by atoms with Crippen LogP contribution in [0.25, 0.3) is 0 Å². The van der Waals surface area contributed by atoms with Gasteiger partial charge in [-0.25, -0.2) is 0 Å². The Kier molecular flexibility index (Phi) is 4.99. The zero-order valence-electron chi connectivity index (χ0n) is 12.8. The fraction of sp³-hybridized carbons (Fsp3) is 0.278. The summed E-state index contributed by atoms with van der Waals surface area (Å²) in [6.45, 7) is 4.05. The standard InChI is InChI=1S/C18H21NO2/c1-13-9-14(2)11-16(10-13)19-18(20)8-7-15-5-4-6-17(12-15)21-3/h4-6,9-12H,7-8H2,1-3H3,(H,19,20). The first kappa shape index (κ1) is 15.1. The van der Waals surface area contributed by atoms with E-state index in [9.17, 15) is 4.79 Å². The fourth-order valence-electron chi connectivity index (χ4n) is 2.36. The van der Waals surface area contributed by atoms with Crippen molar-refractivity contribution in [2.75, 3.05) is 12.4 Å². The summed E-state index contributed by atoms with van der Waals surface area (Å²) in [5.41, 5.74) is 4.27. The lowest BCUT2D eigenvalue weighted by molar-refractivity contribution is -0.116. The number of nitrogens with one attached hydrogen (secondary N) is 1. The first-order valence-electron chi connectivity index (χ1n) is 7.08. The molecule has 0 aliphatic carbocycles. The van der Waals surface area contributed by atoms with Crippen LogP contribution in [-0.2, 0) is 11.2 Å². The van der Waals surface area contributed by atoms with Gasteiger partial charge in [-0.3, -0.25) is 4.79 Å². The van der Waals surface area contributed by atoms with Gasteiger partial charge >= 0.3 is 0 Å². The van der Waals surface area contributed by atoms with E-state index in [2.05, 4.69) is 11.4 Å². The molecule has 2 aromatic rings. The summed E-state index contributed by atoms with van der Waals surface area (Å²) in [7, 11) is 1.64. The molecule has 0 heterocycles. The molecular formula is C18H21NO2. The van der Waals surface area contributed by atoms with Crippen LogP contribution in [0, 0.1) is 13.8 Å². The van der Waals surface area contributed by atoms with Crippen LogP contribution in [0.2, 0.25) is 0 Å². The van der Waals surface area contributed by atoms with Gasteiger partial charge in [0, 0.05) is 12.1 Å². The third kappa shape index (κ3) is 4.63. The molecule has 2 rings (SSSR count). The lowest BCUT2D eigenvalue weighted by atomic mass is 10.1. The van der Waals surface area contributed by atoms with E-state index in [-0.39, 0.29) is 5.91 Å². The van der Waals surface area contributed by atoms with Crippen molar-refractivity contribution in [3.63, 3.8) is 0 Å². The van der Waals surface area contributed by atoms with Crippen molar-refractivity contribution in [2.24, 2.45) is 0 Å². The summed E-state index contributed by atoms with van der Waals surface area (Å²) in [4.78, 5) is 12.0. The molecule has 0 radical (unpaired) electrons.